The molecule has 4 heteroatoms. The van der Waals surface area contributed by atoms with Crippen LogP contribution in [0.1, 0.15) is 64.7 Å². The lowest BCUT2D eigenvalue weighted by atomic mass is 9.98. The predicted molar refractivity (Wildman–Crippen MR) is 88.5 cm³/mol. The molecule has 122 valence electrons. The second-order valence-corrected chi connectivity index (χ2v) is 6.47. The molecule has 4 nitrogen and oxygen atoms in total. The number of nitrogens with zero attached hydrogens (tertiary/aromatic N) is 2. The van der Waals surface area contributed by atoms with Crippen LogP contribution < -0.4 is 5.73 Å². The van der Waals surface area contributed by atoms with E-state index in [1.807, 2.05) is 0 Å². The Kier molecular flexibility index (Phi) is 7.34. The fourth-order valence-electron chi connectivity index (χ4n) is 3.70. The molecule has 0 amide bonds. The van der Waals surface area contributed by atoms with E-state index in [2.05, 4.69) is 16.8 Å². The van der Waals surface area contributed by atoms with Crippen molar-refractivity contribution in [2.45, 2.75) is 70.8 Å². The summed E-state index contributed by atoms with van der Waals surface area (Å²) in [7, 11) is 0. The molecule has 1 saturated heterocycles. The van der Waals surface area contributed by atoms with Gasteiger partial charge in [-0.3, -0.25) is 4.99 Å². The van der Waals surface area contributed by atoms with Gasteiger partial charge in [0.2, 0.25) is 0 Å². The van der Waals surface area contributed by atoms with Crippen LogP contribution in [0.4, 0.5) is 0 Å². The molecule has 2 aliphatic rings. The van der Waals surface area contributed by atoms with Crippen molar-refractivity contribution in [3.8, 4) is 0 Å². The largest absolute Gasteiger partial charge is 0.378 e. The Morgan fingerprint density at radius 3 is 2.43 bits per heavy atom. The Bertz CT molecular complexity index is 305. The normalized spacial score (nSPS) is 23.3. The van der Waals surface area contributed by atoms with Gasteiger partial charge in [-0.2, -0.15) is 0 Å². The van der Waals surface area contributed by atoms with Gasteiger partial charge < -0.3 is 15.4 Å². The van der Waals surface area contributed by atoms with Crippen molar-refractivity contribution in [2.24, 2.45) is 16.6 Å². The van der Waals surface area contributed by atoms with Crippen LogP contribution in [-0.2, 0) is 4.74 Å². The molecule has 0 bridgehead atoms. The van der Waals surface area contributed by atoms with Crippen molar-refractivity contribution in [1.29, 1.82) is 0 Å². The highest BCUT2D eigenvalue weighted by atomic mass is 16.5. The van der Waals surface area contributed by atoms with Crippen molar-refractivity contribution < 1.29 is 4.74 Å². The summed E-state index contributed by atoms with van der Waals surface area (Å²) in [5.74, 6) is 1.50. The molecule has 0 aromatic heterocycles. The van der Waals surface area contributed by atoms with Crippen LogP contribution in [-0.4, -0.2) is 43.2 Å². The average molecular weight is 295 g/mol. The predicted octanol–water partition coefficient (Wildman–Crippen LogP) is 3.16. The smallest absolute Gasteiger partial charge is 0.191 e. The third kappa shape index (κ3) is 5.50. The molecule has 1 saturated carbocycles. The zero-order valence-electron chi connectivity index (χ0n) is 13.7. The third-order valence-electron chi connectivity index (χ3n) is 4.92. The molecule has 2 rings (SSSR count). The molecule has 1 heterocycles. The summed E-state index contributed by atoms with van der Waals surface area (Å²) in [5.41, 5.74) is 6.17. The minimum atomic E-state index is 0.387. The first kappa shape index (κ1) is 16.6. The fraction of sp³-hybridized carbons (Fsp3) is 0.941. The highest BCUT2D eigenvalue weighted by Crippen LogP contribution is 2.30. The monoisotopic (exact) mass is 295 g/mol. The standard InChI is InChI=1S/C17H33N3O/c1-2-21-16(15-9-5-6-10-15)11-12-19-17(18)20-13-7-3-4-8-14-20/h15-16H,2-14H2,1H3,(H2,18,19). The quantitative estimate of drug-likeness (QED) is 0.605. The topological polar surface area (TPSA) is 50.9 Å². The summed E-state index contributed by atoms with van der Waals surface area (Å²) >= 11 is 0. The molecule has 21 heavy (non-hydrogen) atoms. The van der Waals surface area contributed by atoms with Gasteiger partial charge in [-0.25, -0.2) is 0 Å². The minimum Gasteiger partial charge on any atom is -0.378 e. The summed E-state index contributed by atoms with van der Waals surface area (Å²) in [6, 6.07) is 0. The van der Waals surface area contributed by atoms with E-state index in [1.54, 1.807) is 0 Å². The van der Waals surface area contributed by atoms with E-state index in [0.29, 0.717) is 6.10 Å². The Hall–Kier alpha value is -0.770. The van der Waals surface area contributed by atoms with E-state index in [1.165, 1.54) is 51.4 Å². The van der Waals surface area contributed by atoms with Gasteiger partial charge in [0.15, 0.2) is 5.96 Å². The summed E-state index contributed by atoms with van der Waals surface area (Å²) in [4.78, 5) is 6.89. The molecular weight excluding hydrogens is 262 g/mol. The number of ether oxygens (including phenoxy) is 1. The Labute approximate surface area is 130 Å². The Morgan fingerprint density at radius 1 is 1.14 bits per heavy atom. The summed E-state index contributed by atoms with van der Waals surface area (Å²) in [6.07, 6.45) is 12.0. The third-order valence-corrected chi connectivity index (χ3v) is 4.92. The second-order valence-electron chi connectivity index (χ2n) is 6.47. The van der Waals surface area contributed by atoms with Gasteiger partial charge >= 0.3 is 0 Å². The van der Waals surface area contributed by atoms with E-state index in [9.17, 15) is 0 Å². The van der Waals surface area contributed by atoms with Crippen molar-refractivity contribution in [2.75, 3.05) is 26.2 Å². The number of likely N-dealkylation sites (tertiary alicyclic amines) is 1. The van der Waals surface area contributed by atoms with E-state index in [4.69, 9.17) is 10.5 Å². The van der Waals surface area contributed by atoms with E-state index in [-0.39, 0.29) is 0 Å². The molecule has 0 radical (unpaired) electrons. The fourth-order valence-corrected chi connectivity index (χ4v) is 3.70. The lowest BCUT2D eigenvalue weighted by Gasteiger charge is -2.24. The van der Waals surface area contributed by atoms with Crippen LogP contribution >= 0.6 is 0 Å². The van der Waals surface area contributed by atoms with E-state index >= 15 is 0 Å². The summed E-state index contributed by atoms with van der Waals surface area (Å²) in [5, 5.41) is 0. The Balaban J connectivity index is 1.77. The van der Waals surface area contributed by atoms with Crippen molar-refractivity contribution in [3.63, 3.8) is 0 Å². The zero-order chi connectivity index (χ0) is 14.9. The molecule has 0 aromatic rings. The molecule has 1 aliphatic heterocycles. The maximum atomic E-state index is 6.17. The Morgan fingerprint density at radius 2 is 1.81 bits per heavy atom. The number of nitrogens with two attached hydrogens (primary N) is 1. The first-order valence-electron chi connectivity index (χ1n) is 8.97. The summed E-state index contributed by atoms with van der Waals surface area (Å²) in [6.45, 7) is 5.87. The van der Waals surface area contributed by atoms with E-state index < -0.39 is 0 Å². The lowest BCUT2D eigenvalue weighted by Crippen LogP contribution is -2.38. The SMILES string of the molecule is CCOC(CCN=C(N)N1CCCCCC1)C1CCCC1. The van der Waals surface area contributed by atoms with Gasteiger partial charge in [0.1, 0.15) is 0 Å². The van der Waals surface area contributed by atoms with Crippen LogP contribution in [0.15, 0.2) is 4.99 Å². The van der Waals surface area contributed by atoms with Crippen molar-refractivity contribution in [3.05, 3.63) is 0 Å². The van der Waals surface area contributed by atoms with Gasteiger partial charge in [0.25, 0.3) is 0 Å². The van der Waals surface area contributed by atoms with Crippen molar-refractivity contribution in [1.82, 2.24) is 4.90 Å². The average Bonchev–Trinajstić information content (AvgIpc) is 2.88. The van der Waals surface area contributed by atoms with E-state index in [0.717, 1.165) is 44.5 Å². The van der Waals surface area contributed by atoms with Crippen LogP contribution in [0.2, 0.25) is 0 Å². The van der Waals surface area contributed by atoms with Gasteiger partial charge in [-0.1, -0.05) is 25.7 Å². The van der Waals surface area contributed by atoms with Gasteiger partial charge in [-0.05, 0) is 44.9 Å². The van der Waals surface area contributed by atoms with Crippen LogP contribution in [0, 0.1) is 5.92 Å². The highest BCUT2D eigenvalue weighted by Gasteiger charge is 2.25. The number of rotatable bonds is 6. The number of guanidine groups is 1. The minimum absolute atomic E-state index is 0.387. The van der Waals surface area contributed by atoms with Gasteiger partial charge in [0.05, 0.1) is 6.10 Å². The van der Waals surface area contributed by atoms with Crippen LogP contribution in [0.25, 0.3) is 0 Å². The number of aliphatic imine (C=N–C) groups is 1. The van der Waals surface area contributed by atoms with Gasteiger partial charge in [0, 0.05) is 26.2 Å². The molecule has 1 atom stereocenters. The maximum Gasteiger partial charge on any atom is 0.191 e. The van der Waals surface area contributed by atoms with Crippen LogP contribution in [0.5, 0.6) is 0 Å². The number of hydrogen-bond acceptors (Lipinski definition) is 2. The number of hydrogen-bond donors (Lipinski definition) is 1. The molecule has 2 N–H and O–H groups in total. The molecule has 0 aromatic carbocycles. The molecule has 2 fully saturated rings. The first-order valence-corrected chi connectivity index (χ1v) is 8.97. The van der Waals surface area contributed by atoms with Crippen molar-refractivity contribution >= 4 is 5.96 Å². The molecule has 1 aliphatic carbocycles. The first-order chi connectivity index (χ1) is 10.3. The van der Waals surface area contributed by atoms with Gasteiger partial charge in [-0.15, -0.1) is 0 Å². The molecular formula is C17H33N3O. The second kappa shape index (κ2) is 9.29. The molecule has 1 unspecified atom stereocenters. The maximum absolute atomic E-state index is 6.17. The highest BCUT2D eigenvalue weighted by molar-refractivity contribution is 5.78. The summed E-state index contributed by atoms with van der Waals surface area (Å²) < 4.78 is 5.95. The molecule has 0 spiro atoms. The zero-order valence-corrected chi connectivity index (χ0v) is 13.7. The van der Waals surface area contributed by atoms with Crippen LogP contribution in [0.3, 0.4) is 0 Å². The lowest BCUT2D eigenvalue weighted by molar-refractivity contribution is 0.0177.